The highest BCUT2D eigenvalue weighted by atomic mass is 35.5. The van der Waals surface area contributed by atoms with E-state index in [1.54, 1.807) is 29.2 Å². The molecule has 1 atom stereocenters. The van der Waals surface area contributed by atoms with Gasteiger partial charge in [0.05, 0.1) is 53.4 Å². The molecule has 28 heavy (non-hydrogen) atoms. The lowest BCUT2D eigenvalue weighted by Crippen LogP contribution is -2.39. The Morgan fingerprint density at radius 1 is 1.36 bits per heavy atom. The van der Waals surface area contributed by atoms with Gasteiger partial charge in [0.2, 0.25) is 0 Å². The second-order valence-corrected chi connectivity index (χ2v) is 7.40. The molecule has 146 valence electrons. The van der Waals surface area contributed by atoms with Gasteiger partial charge in [0.1, 0.15) is 5.82 Å². The maximum atomic E-state index is 13.5. The molecular formula is C20H20ClFN4O2. The summed E-state index contributed by atoms with van der Waals surface area (Å²) in [4.78, 5) is 19.1. The number of aliphatic hydroxyl groups excluding tert-OH is 1. The largest absolute Gasteiger partial charge is 0.394 e. The second kappa shape index (κ2) is 7.50. The van der Waals surface area contributed by atoms with Gasteiger partial charge in [-0.05, 0) is 36.2 Å². The number of carbonyl (C=O) groups is 1. The third kappa shape index (κ3) is 3.37. The molecule has 1 amide bonds. The molecule has 1 aromatic carbocycles. The zero-order chi connectivity index (χ0) is 19.8. The van der Waals surface area contributed by atoms with Gasteiger partial charge >= 0.3 is 0 Å². The average Bonchev–Trinajstić information content (AvgIpc) is 3.18. The molecule has 0 saturated carbocycles. The van der Waals surface area contributed by atoms with E-state index in [-0.39, 0.29) is 18.3 Å². The van der Waals surface area contributed by atoms with Gasteiger partial charge in [-0.1, -0.05) is 23.7 Å². The Morgan fingerprint density at radius 2 is 2.18 bits per heavy atom. The van der Waals surface area contributed by atoms with Crippen LogP contribution in [0.3, 0.4) is 0 Å². The fourth-order valence-electron chi connectivity index (χ4n) is 3.68. The highest BCUT2D eigenvalue weighted by molar-refractivity contribution is 6.33. The second-order valence-electron chi connectivity index (χ2n) is 6.94. The van der Waals surface area contributed by atoms with Crippen molar-refractivity contribution in [2.45, 2.75) is 19.0 Å². The summed E-state index contributed by atoms with van der Waals surface area (Å²) in [5.41, 5.74) is 6.49. The van der Waals surface area contributed by atoms with E-state index in [2.05, 4.69) is 10.4 Å². The molecule has 2 aliphatic rings. The number of hydrazine groups is 1. The predicted molar refractivity (Wildman–Crippen MR) is 104 cm³/mol. The van der Waals surface area contributed by atoms with Crippen molar-refractivity contribution in [2.75, 3.05) is 20.2 Å². The van der Waals surface area contributed by atoms with Crippen molar-refractivity contribution in [3.63, 3.8) is 0 Å². The van der Waals surface area contributed by atoms with E-state index < -0.39 is 6.04 Å². The number of nitrogens with zero attached hydrogens (tertiary/aromatic N) is 3. The lowest BCUT2D eigenvalue weighted by molar-refractivity contribution is 0.0616. The van der Waals surface area contributed by atoms with Crippen LogP contribution < -0.4 is 5.43 Å². The standard InChI is InChI=1S/C20H20ClFN4O2/c1-25-19(16(21)9-23-25)17-6-5-15-18(24-17)10-26(20(15)28)14(11-27)8-12-3-2-4-13(22)7-12/h2-7,14,23,27H,8-11H2,1H3/t14-/m0/s1. The van der Waals surface area contributed by atoms with E-state index in [9.17, 15) is 14.3 Å². The molecule has 0 bridgehead atoms. The first-order chi connectivity index (χ1) is 13.5. The van der Waals surface area contributed by atoms with Crippen LogP contribution in [-0.2, 0) is 13.0 Å². The van der Waals surface area contributed by atoms with Gasteiger partial charge in [-0.3, -0.25) is 4.79 Å². The Kier molecular flexibility index (Phi) is 5.05. The summed E-state index contributed by atoms with van der Waals surface area (Å²) < 4.78 is 13.5. The molecule has 0 unspecified atom stereocenters. The van der Waals surface area contributed by atoms with Crippen molar-refractivity contribution in [3.8, 4) is 0 Å². The van der Waals surface area contributed by atoms with Crippen LogP contribution in [-0.4, -0.2) is 52.1 Å². The molecule has 8 heteroatoms. The Bertz CT molecular complexity index is 965. The summed E-state index contributed by atoms with van der Waals surface area (Å²) in [7, 11) is 1.86. The Labute approximate surface area is 167 Å². The number of pyridine rings is 1. The number of fused-ring (bicyclic) bond motifs is 1. The summed E-state index contributed by atoms with van der Waals surface area (Å²) in [5.74, 6) is -0.515. The molecule has 2 aliphatic heterocycles. The Morgan fingerprint density at radius 3 is 2.86 bits per heavy atom. The first-order valence-electron chi connectivity index (χ1n) is 9.00. The number of aliphatic hydroxyl groups is 1. The highest BCUT2D eigenvalue weighted by Crippen LogP contribution is 2.30. The number of carbonyl (C=O) groups excluding carboxylic acids is 1. The van der Waals surface area contributed by atoms with Gasteiger partial charge in [0.25, 0.3) is 5.91 Å². The number of amides is 1. The van der Waals surface area contributed by atoms with Gasteiger partial charge in [0.15, 0.2) is 0 Å². The fourth-order valence-corrected chi connectivity index (χ4v) is 3.97. The lowest BCUT2D eigenvalue weighted by Gasteiger charge is -2.26. The Hall–Kier alpha value is -2.48. The van der Waals surface area contributed by atoms with Crippen molar-refractivity contribution in [2.24, 2.45) is 0 Å². The van der Waals surface area contributed by atoms with E-state index in [0.717, 1.165) is 11.3 Å². The summed E-state index contributed by atoms with van der Waals surface area (Å²) in [6.07, 6.45) is 0.366. The average molecular weight is 403 g/mol. The quantitative estimate of drug-likeness (QED) is 0.802. The molecule has 0 spiro atoms. The van der Waals surface area contributed by atoms with E-state index in [0.29, 0.717) is 41.5 Å². The van der Waals surface area contributed by atoms with E-state index in [1.807, 2.05) is 12.1 Å². The number of hydrogen-bond donors (Lipinski definition) is 2. The van der Waals surface area contributed by atoms with Gasteiger partial charge in [-0.2, -0.15) is 0 Å². The number of nitrogens with one attached hydrogen (secondary N) is 1. The van der Waals surface area contributed by atoms with Crippen LogP contribution in [0.4, 0.5) is 4.39 Å². The molecule has 6 nitrogen and oxygen atoms in total. The fraction of sp³-hybridized carbons (Fsp3) is 0.300. The number of rotatable bonds is 5. The molecule has 2 N–H and O–H groups in total. The monoisotopic (exact) mass is 402 g/mol. The first kappa shape index (κ1) is 18.9. The van der Waals surface area contributed by atoms with Crippen LogP contribution in [0.5, 0.6) is 0 Å². The molecular weight excluding hydrogens is 383 g/mol. The topological polar surface area (TPSA) is 68.7 Å². The van der Waals surface area contributed by atoms with Crippen molar-refractivity contribution >= 4 is 23.2 Å². The molecule has 0 saturated heterocycles. The number of benzene rings is 1. The maximum absolute atomic E-state index is 13.5. The van der Waals surface area contributed by atoms with Crippen LogP contribution in [0.25, 0.3) is 5.70 Å². The first-order valence-corrected chi connectivity index (χ1v) is 9.38. The smallest absolute Gasteiger partial charge is 0.256 e. The molecule has 3 heterocycles. The molecule has 0 fully saturated rings. The molecule has 0 aliphatic carbocycles. The van der Waals surface area contributed by atoms with E-state index in [1.165, 1.54) is 12.1 Å². The summed E-state index contributed by atoms with van der Waals surface area (Å²) >= 11 is 6.29. The maximum Gasteiger partial charge on any atom is 0.256 e. The predicted octanol–water partition coefficient (Wildman–Crippen LogP) is 2.14. The van der Waals surface area contributed by atoms with Gasteiger partial charge < -0.3 is 15.0 Å². The zero-order valence-corrected chi connectivity index (χ0v) is 16.1. The summed E-state index contributed by atoms with van der Waals surface area (Å²) in [5, 5.41) is 12.3. The van der Waals surface area contributed by atoms with Crippen molar-refractivity contribution < 1.29 is 14.3 Å². The van der Waals surface area contributed by atoms with E-state index in [4.69, 9.17) is 11.6 Å². The summed E-state index contributed by atoms with van der Waals surface area (Å²) in [6, 6.07) is 9.27. The van der Waals surface area contributed by atoms with Crippen molar-refractivity contribution in [1.82, 2.24) is 20.3 Å². The molecule has 0 radical (unpaired) electrons. The lowest BCUT2D eigenvalue weighted by atomic mass is 10.1. The number of hydrogen-bond acceptors (Lipinski definition) is 5. The van der Waals surface area contributed by atoms with Gasteiger partial charge in [-0.25, -0.2) is 14.8 Å². The summed E-state index contributed by atoms with van der Waals surface area (Å²) in [6.45, 7) is 0.620. The van der Waals surface area contributed by atoms with Crippen LogP contribution >= 0.6 is 11.6 Å². The van der Waals surface area contributed by atoms with Crippen molar-refractivity contribution in [1.29, 1.82) is 0 Å². The Balaban J connectivity index is 1.58. The minimum Gasteiger partial charge on any atom is -0.394 e. The third-order valence-electron chi connectivity index (χ3n) is 5.10. The molecule has 2 aromatic rings. The van der Waals surface area contributed by atoms with Crippen LogP contribution in [0.1, 0.15) is 27.3 Å². The van der Waals surface area contributed by atoms with Gasteiger partial charge in [0, 0.05) is 7.05 Å². The normalized spacial score (nSPS) is 17.5. The van der Waals surface area contributed by atoms with Crippen LogP contribution in [0.2, 0.25) is 0 Å². The highest BCUT2D eigenvalue weighted by Gasteiger charge is 2.34. The third-order valence-corrected chi connectivity index (χ3v) is 5.42. The van der Waals surface area contributed by atoms with Crippen LogP contribution in [0.15, 0.2) is 41.4 Å². The van der Waals surface area contributed by atoms with Crippen molar-refractivity contribution in [3.05, 3.63) is 69.8 Å². The van der Waals surface area contributed by atoms with Crippen LogP contribution in [0, 0.1) is 5.82 Å². The van der Waals surface area contributed by atoms with Gasteiger partial charge in [-0.15, -0.1) is 0 Å². The SMILES string of the molecule is CN1NCC(Cl)=C1c1ccc2c(n1)CN([C@H](CO)Cc1cccc(F)c1)C2=O. The minimum absolute atomic E-state index is 0.178. The zero-order valence-electron chi connectivity index (χ0n) is 15.3. The number of aromatic nitrogens is 1. The molecule has 1 aromatic heterocycles. The molecule has 4 rings (SSSR count). The number of halogens is 2. The van der Waals surface area contributed by atoms with E-state index >= 15 is 0 Å². The minimum atomic E-state index is -0.453.